The van der Waals surface area contributed by atoms with E-state index in [-0.39, 0.29) is 47.4 Å². The third-order valence-corrected chi connectivity index (χ3v) is 16.9. The molecule has 0 aromatic heterocycles. The van der Waals surface area contributed by atoms with Crippen LogP contribution in [0.2, 0.25) is 0 Å². The second kappa shape index (κ2) is 27.4. The molecule has 0 spiro atoms. The highest BCUT2D eigenvalue weighted by Crippen LogP contribution is 2.60. The monoisotopic (exact) mass is 1260 g/mol. The molecule has 0 aromatic carbocycles. The zero-order chi connectivity index (χ0) is 65.7. The Kier molecular flexibility index (Phi) is 26.5. The van der Waals surface area contributed by atoms with Crippen LogP contribution in [0.3, 0.4) is 0 Å². The van der Waals surface area contributed by atoms with E-state index in [9.17, 15) is 120 Å². The number of hydrogen-bond acceptors (Lipinski definition) is 8. The van der Waals surface area contributed by atoms with Crippen LogP contribution in [-0.2, 0) is 19.1 Å². The Bertz CT molecular complexity index is 1930. The van der Waals surface area contributed by atoms with Gasteiger partial charge in [0.1, 0.15) is 0 Å². The Labute approximate surface area is 458 Å². The van der Waals surface area contributed by atoms with Crippen molar-refractivity contribution in [1.82, 2.24) is 0 Å². The molecule has 82 heavy (non-hydrogen) atoms. The molecule has 0 radical (unpaired) electrons. The summed E-state index contributed by atoms with van der Waals surface area (Å²) >= 11 is 0. The molecule has 4 bridgehead atoms. The lowest BCUT2D eigenvalue weighted by atomic mass is 9.72. The van der Waals surface area contributed by atoms with Gasteiger partial charge in [0.15, 0.2) is 0 Å². The van der Waals surface area contributed by atoms with Crippen molar-refractivity contribution < 1.29 is 145 Å². The average Bonchev–Trinajstić information content (AvgIpc) is 4.09. The summed E-state index contributed by atoms with van der Waals surface area (Å²) in [5.74, 6) is -2.66. The largest absolute Gasteiger partial charge is 0.469 e. The number of ether oxygens (including phenoxy) is 2. The van der Waals surface area contributed by atoms with Crippen LogP contribution in [0.4, 0.5) is 105 Å². The van der Waals surface area contributed by atoms with Gasteiger partial charge in [0.05, 0.1) is 24.5 Å². The number of carbonyl (C=O) groups is 2. The average molecular weight is 1260 g/mol. The third kappa shape index (κ3) is 18.8. The normalized spacial score (nSPS) is 24.4. The van der Waals surface area contributed by atoms with Crippen molar-refractivity contribution in [3.8, 4) is 0 Å². The second-order valence-electron chi connectivity index (χ2n) is 23.2. The Hall–Kier alpha value is -2.90. The first-order chi connectivity index (χ1) is 36.1. The fourth-order valence-corrected chi connectivity index (χ4v) is 10.0. The van der Waals surface area contributed by atoms with Gasteiger partial charge in [-0.1, -0.05) is 54.4 Å². The van der Waals surface area contributed by atoms with Gasteiger partial charge in [0, 0.05) is 6.42 Å². The minimum Gasteiger partial charge on any atom is -0.469 e. The highest BCUT2D eigenvalue weighted by Gasteiger charge is 2.74. The molecule has 32 heteroatoms. The summed E-state index contributed by atoms with van der Waals surface area (Å²) in [6.07, 6.45) is -46.7. The number of carbonyl (C=O) groups excluding carboxylic acids is 2. The molecule has 9 unspecified atom stereocenters. The predicted molar refractivity (Wildman–Crippen MR) is 244 cm³/mol. The van der Waals surface area contributed by atoms with Gasteiger partial charge >= 0.3 is 61.3 Å². The summed E-state index contributed by atoms with van der Waals surface area (Å²) in [5, 5.41) is 35.9. The number of rotatable bonds is 14. The van der Waals surface area contributed by atoms with E-state index in [1.165, 1.54) is 34.8 Å². The van der Waals surface area contributed by atoms with E-state index in [1.807, 2.05) is 34.6 Å². The quantitative estimate of drug-likeness (QED) is 0.0998. The van der Waals surface area contributed by atoms with Gasteiger partial charge in [-0.3, -0.25) is 9.59 Å². The minimum absolute atomic E-state index is 0.0915. The van der Waals surface area contributed by atoms with Crippen LogP contribution in [0.5, 0.6) is 0 Å². The maximum absolute atomic E-state index is 12.7. The van der Waals surface area contributed by atoms with Gasteiger partial charge < -0.3 is 29.9 Å². The van der Waals surface area contributed by atoms with Crippen molar-refractivity contribution in [3.05, 3.63) is 0 Å². The number of alkyl halides is 24. The summed E-state index contributed by atoms with van der Waals surface area (Å²) < 4.78 is 307. The van der Waals surface area contributed by atoms with Gasteiger partial charge in [-0.15, -0.1) is 0 Å². The number of methoxy groups -OCH3 is 1. The SMILES string of the molecule is CC1C2CC(CC(O)(C(F)(F)F)C(F)(F)F)C(C2)C1C.CCC(C)(C)C(=O)OC.CCC(C)(C)C(=O)OCCC(O)(C(F)(F)F)C(F)(F)F.CCC(C)CC(O)(C(F)(F)F)C(F)(F)F.OC(CC1CC2CCC1C2)(C(F)(F)F)C(F)(F)F. The molecule has 0 amide bonds. The topological polar surface area (TPSA) is 134 Å². The summed E-state index contributed by atoms with van der Waals surface area (Å²) in [6, 6.07) is 0. The smallest absolute Gasteiger partial charge is 0.426 e. The van der Waals surface area contributed by atoms with E-state index < -0.39 is 133 Å². The lowest BCUT2D eigenvalue weighted by Gasteiger charge is -2.39. The van der Waals surface area contributed by atoms with Crippen molar-refractivity contribution >= 4 is 11.9 Å². The van der Waals surface area contributed by atoms with E-state index >= 15 is 0 Å². The molecule has 490 valence electrons. The number of hydrogen-bond donors (Lipinski definition) is 4. The van der Waals surface area contributed by atoms with Crippen molar-refractivity contribution in [2.45, 2.75) is 225 Å². The van der Waals surface area contributed by atoms with Crippen LogP contribution < -0.4 is 0 Å². The molecule has 0 aromatic rings. The zero-order valence-corrected chi connectivity index (χ0v) is 46.6. The van der Waals surface area contributed by atoms with E-state index in [0.717, 1.165) is 12.8 Å². The summed E-state index contributed by atoms with van der Waals surface area (Å²) in [4.78, 5) is 22.3. The van der Waals surface area contributed by atoms with Crippen molar-refractivity contribution in [2.75, 3.05) is 13.7 Å². The van der Waals surface area contributed by atoms with Crippen LogP contribution in [-0.4, -0.2) is 118 Å². The van der Waals surface area contributed by atoms with Crippen LogP contribution in [0.15, 0.2) is 0 Å². The summed E-state index contributed by atoms with van der Waals surface area (Å²) in [6.45, 7) is 15.6. The maximum atomic E-state index is 12.7. The highest BCUT2D eigenvalue weighted by atomic mass is 19.4. The first-order valence-electron chi connectivity index (χ1n) is 25.8. The minimum atomic E-state index is -5.90. The van der Waals surface area contributed by atoms with E-state index in [1.54, 1.807) is 6.92 Å². The lowest BCUT2D eigenvalue weighted by molar-refractivity contribution is -0.374. The van der Waals surface area contributed by atoms with Crippen molar-refractivity contribution in [2.24, 2.45) is 64.1 Å². The van der Waals surface area contributed by atoms with Gasteiger partial charge in [0.25, 0.3) is 22.4 Å². The van der Waals surface area contributed by atoms with Crippen molar-refractivity contribution in [3.63, 3.8) is 0 Å². The van der Waals surface area contributed by atoms with E-state index in [0.29, 0.717) is 44.4 Å². The molecule has 4 rings (SSSR count). The number of esters is 2. The van der Waals surface area contributed by atoms with Gasteiger partial charge in [-0.25, -0.2) is 0 Å². The molecule has 4 saturated carbocycles. The molecule has 4 fully saturated rings. The van der Waals surface area contributed by atoms with Gasteiger partial charge in [-0.2, -0.15) is 105 Å². The van der Waals surface area contributed by atoms with Crippen LogP contribution >= 0.6 is 0 Å². The van der Waals surface area contributed by atoms with Crippen LogP contribution in [0.25, 0.3) is 0 Å². The summed E-state index contributed by atoms with van der Waals surface area (Å²) in [5.41, 5.74) is -20.0. The zero-order valence-electron chi connectivity index (χ0n) is 46.6. The summed E-state index contributed by atoms with van der Waals surface area (Å²) in [7, 11) is 1.42. The molecule has 0 aliphatic heterocycles. The Morgan fingerprint density at radius 2 is 0.841 bits per heavy atom. The van der Waals surface area contributed by atoms with E-state index in [4.69, 9.17) is 15.3 Å². The predicted octanol–water partition coefficient (Wildman–Crippen LogP) is 15.9. The van der Waals surface area contributed by atoms with Gasteiger partial charge in [-0.05, 0) is 145 Å². The van der Waals surface area contributed by atoms with Gasteiger partial charge in [0.2, 0.25) is 0 Å². The van der Waals surface area contributed by atoms with Crippen LogP contribution in [0, 0.1) is 64.1 Å². The van der Waals surface area contributed by atoms with Crippen LogP contribution in [0.1, 0.15) is 153 Å². The Balaban J connectivity index is 0.00000102. The second-order valence-corrected chi connectivity index (χ2v) is 23.2. The fraction of sp³-hybridized carbons (Fsp3) is 0.960. The first kappa shape index (κ1) is 79.1. The number of fused-ring (bicyclic) bond motifs is 4. The fourth-order valence-electron chi connectivity index (χ4n) is 10.0. The molecule has 9 atom stereocenters. The van der Waals surface area contributed by atoms with Crippen molar-refractivity contribution in [1.29, 1.82) is 0 Å². The molecule has 4 N–H and O–H groups in total. The van der Waals surface area contributed by atoms with E-state index in [2.05, 4.69) is 9.47 Å². The number of aliphatic hydroxyl groups is 4. The molecule has 0 heterocycles. The molecule has 4 aliphatic rings. The third-order valence-electron chi connectivity index (χ3n) is 16.9. The lowest BCUT2D eigenvalue weighted by Crippen LogP contribution is -2.58. The molecule has 4 aliphatic carbocycles. The number of halogens is 24. The Morgan fingerprint density at radius 1 is 0.476 bits per heavy atom. The maximum Gasteiger partial charge on any atom is 0.426 e. The highest BCUT2D eigenvalue weighted by molar-refractivity contribution is 5.76. The molecule has 8 nitrogen and oxygen atoms in total. The first-order valence-corrected chi connectivity index (χ1v) is 25.8. The Morgan fingerprint density at radius 3 is 1.11 bits per heavy atom. The molecule has 0 saturated heterocycles. The molecular weight excluding hydrogens is 1180 g/mol. The molecular formula is C50H74F24O8. The standard InChI is InChI=1S/C13H18F6O.C11H16F6O3.C11H14F6O.C8H12F6O.C7H14O2/c1-6-7(2)10-4-8(6)3-9(10)5-11(20,12(14,15)16)13(17,18)19;1-4-8(2,3)7(18)20-6-5-9(19,10(12,13)14)11(15,16)17;12-10(13,14)9(18,11(15,16)17)5-8-4-6-1-2-7(8)3-6;1-3-5(2)4-6(15,7(9,10)11)8(12,13)14;1-5-7(2,3)6(8)9-4/h6-10,20H,3-5H2,1-2H3;19H,4-6H2,1-3H3;6-8,18H,1-5H2;5,15H,3-4H2,1-2H3;5H2,1-4H3.